The molecule has 164 valence electrons. The predicted molar refractivity (Wildman–Crippen MR) is 117 cm³/mol. The Morgan fingerprint density at radius 2 is 1.81 bits per heavy atom. The van der Waals surface area contributed by atoms with Crippen LogP contribution in [0.2, 0.25) is 0 Å². The zero-order chi connectivity index (χ0) is 22.7. The summed E-state index contributed by atoms with van der Waals surface area (Å²) in [5.41, 5.74) is 0.918. The van der Waals surface area contributed by atoms with Crippen molar-refractivity contribution in [1.29, 1.82) is 0 Å². The fraction of sp³-hybridized carbons (Fsp3) is 0.182. The van der Waals surface area contributed by atoms with Gasteiger partial charge < -0.3 is 19.0 Å². The lowest BCUT2D eigenvalue weighted by atomic mass is 10.2. The van der Waals surface area contributed by atoms with Gasteiger partial charge in [0.1, 0.15) is 22.9 Å². The Balaban J connectivity index is 1.92. The molecule has 0 fully saturated rings. The van der Waals surface area contributed by atoms with Crippen molar-refractivity contribution < 1.29 is 23.8 Å². The van der Waals surface area contributed by atoms with Gasteiger partial charge in [-0.2, -0.15) is 0 Å². The first kappa shape index (κ1) is 21.4. The number of carbonyl (C=O) groups is 1. The minimum Gasteiger partial charge on any atom is -0.494 e. The Kier molecular flexibility index (Phi) is 6.13. The highest BCUT2D eigenvalue weighted by Gasteiger charge is 2.30. The molecule has 3 aromatic heterocycles. The fourth-order valence-corrected chi connectivity index (χ4v) is 4.13. The number of aryl methyl sites for hydroxylation is 1. The third-order valence-corrected chi connectivity index (χ3v) is 5.78. The van der Waals surface area contributed by atoms with E-state index >= 15 is 0 Å². The molecule has 3 heterocycles. The summed E-state index contributed by atoms with van der Waals surface area (Å²) in [7, 11) is 3.08. The summed E-state index contributed by atoms with van der Waals surface area (Å²) in [4.78, 5) is 16.3. The lowest BCUT2D eigenvalue weighted by Crippen LogP contribution is -2.11. The lowest BCUT2D eigenvalue weighted by Gasteiger charge is -2.17. The van der Waals surface area contributed by atoms with Gasteiger partial charge in [-0.1, -0.05) is 23.9 Å². The molecule has 0 aliphatic rings. The maximum Gasteiger partial charge on any atom is 0.323 e. The molecular weight excluding hydrogens is 432 g/mol. The van der Waals surface area contributed by atoms with Gasteiger partial charge in [-0.3, -0.25) is 14.3 Å². The number of carboxylic acid groups (broad SMARTS) is 1. The molecule has 0 saturated carbocycles. The molecule has 0 aliphatic carbocycles. The van der Waals surface area contributed by atoms with Crippen LogP contribution in [0.5, 0.6) is 11.5 Å². The van der Waals surface area contributed by atoms with Crippen molar-refractivity contribution in [3.05, 3.63) is 66.2 Å². The number of thioether (sulfide) groups is 1. The molecule has 10 heteroatoms. The van der Waals surface area contributed by atoms with Crippen LogP contribution in [0.1, 0.15) is 16.7 Å². The largest absolute Gasteiger partial charge is 0.494 e. The van der Waals surface area contributed by atoms with Crippen LogP contribution in [0.25, 0.3) is 17.3 Å². The van der Waals surface area contributed by atoms with Gasteiger partial charge in [0, 0.05) is 6.20 Å². The van der Waals surface area contributed by atoms with Crippen molar-refractivity contribution in [2.45, 2.75) is 17.3 Å². The van der Waals surface area contributed by atoms with Crippen molar-refractivity contribution in [2.75, 3.05) is 14.2 Å². The Bertz CT molecular complexity index is 1220. The number of hydrogen-bond acceptors (Lipinski definition) is 8. The van der Waals surface area contributed by atoms with Crippen LogP contribution in [0.4, 0.5) is 0 Å². The number of nitrogens with zero attached hydrogens (tertiary/aromatic N) is 4. The third-order valence-electron chi connectivity index (χ3n) is 4.62. The van der Waals surface area contributed by atoms with Crippen molar-refractivity contribution in [3.63, 3.8) is 0 Å². The number of rotatable bonds is 8. The highest BCUT2D eigenvalue weighted by molar-refractivity contribution is 8.00. The first-order valence-corrected chi connectivity index (χ1v) is 10.5. The van der Waals surface area contributed by atoms with E-state index in [4.69, 9.17) is 13.9 Å². The topological polar surface area (TPSA) is 112 Å². The molecule has 1 atom stereocenters. The fourth-order valence-electron chi connectivity index (χ4n) is 3.19. The summed E-state index contributed by atoms with van der Waals surface area (Å²) in [6.07, 6.45) is 1.55. The molecule has 4 aromatic rings. The first-order valence-electron chi connectivity index (χ1n) is 9.57. The number of aliphatic carboxylic acids is 1. The number of aromatic nitrogens is 4. The van der Waals surface area contributed by atoms with Crippen LogP contribution in [0.3, 0.4) is 0 Å². The Morgan fingerprint density at radius 3 is 2.38 bits per heavy atom. The van der Waals surface area contributed by atoms with Gasteiger partial charge in [-0.15, -0.1) is 10.2 Å². The number of hydrogen-bond donors (Lipinski definition) is 1. The number of pyridine rings is 1. The summed E-state index contributed by atoms with van der Waals surface area (Å²) in [6.45, 7) is 1.82. The number of furan rings is 1. The summed E-state index contributed by atoms with van der Waals surface area (Å²) in [5, 5.41) is 17.8. The van der Waals surface area contributed by atoms with Crippen LogP contribution in [-0.2, 0) is 4.79 Å². The van der Waals surface area contributed by atoms with Crippen molar-refractivity contribution >= 4 is 17.7 Å². The van der Waals surface area contributed by atoms with Gasteiger partial charge in [-0.25, -0.2) is 0 Å². The van der Waals surface area contributed by atoms with Crippen molar-refractivity contribution in [3.8, 4) is 28.8 Å². The maximum absolute atomic E-state index is 12.1. The molecule has 0 amide bonds. The molecule has 9 nitrogen and oxygen atoms in total. The molecular formula is C22H20N4O5S. The normalized spacial score (nSPS) is 11.8. The molecule has 1 unspecified atom stereocenters. The van der Waals surface area contributed by atoms with Gasteiger partial charge >= 0.3 is 5.97 Å². The van der Waals surface area contributed by atoms with Crippen LogP contribution in [0, 0.1) is 6.92 Å². The number of methoxy groups -OCH3 is 2. The monoisotopic (exact) mass is 452 g/mol. The van der Waals surface area contributed by atoms with E-state index < -0.39 is 11.2 Å². The van der Waals surface area contributed by atoms with Gasteiger partial charge in [-0.05, 0) is 43.3 Å². The van der Waals surface area contributed by atoms with E-state index in [-0.39, 0.29) is 0 Å². The smallest absolute Gasteiger partial charge is 0.323 e. The minimum atomic E-state index is -1.05. The van der Waals surface area contributed by atoms with Crippen LogP contribution in [0.15, 0.2) is 64.3 Å². The van der Waals surface area contributed by atoms with E-state index in [2.05, 4.69) is 15.2 Å². The lowest BCUT2D eigenvalue weighted by molar-refractivity contribution is -0.136. The molecule has 0 spiro atoms. The van der Waals surface area contributed by atoms with Gasteiger partial charge in [0.2, 0.25) is 5.82 Å². The molecule has 0 bridgehead atoms. The molecule has 0 aliphatic heterocycles. The minimum absolute atomic E-state index is 0.315. The van der Waals surface area contributed by atoms with E-state index in [0.29, 0.717) is 45.4 Å². The molecule has 32 heavy (non-hydrogen) atoms. The number of carboxylic acids is 1. The Hall–Kier alpha value is -3.79. The van der Waals surface area contributed by atoms with E-state index in [1.807, 2.05) is 13.0 Å². The molecule has 0 saturated heterocycles. The van der Waals surface area contributed by atoms with E-state index in [1.54, 1.807) is 67.4 Å². The van der Waals surface area contributed by atoms with Crippen LogP contribution >= 0.6 is 11.8 Å². The molecule has 0 radical (unpaired) electrons. The average Bonchev–Trinajstić information content (AvgIpc) is 3.42. The Morgan fingerprint density at radius 1 is 1.06 bits per heavy atom. The van der Waals surface area contributed by atoms with Crippen LogP contribution < -0.4 is 9.47 Å². The second kappa shape index (κ2) is 9.15. The number of para-hydroxylation sites is 1. The molecule has 1 N–H and O–H groups in total. The van der Waals surface area contributed by atoms with E-state index in [9.17, 15) is 9.90 Å². The molecule has 4 rings (SSSR count). The highest BCUT2D eigenvalue weighted by Crippen LogP contribution is 2.42. The van der Waals surface area contributed by atoms with E-state index in [0.717, 1.165) is 11.8 Å². The zero-order valence-electron chi connectivity index (χ0n) is 17.6. The number of ether oxygens (including phenoxy) is 2. The maximum atomic E-state index is 12.1. The Labute approximate surface area is 188 Å². The third kappa shape index (κ3) is 4.04. The van der Waals surface area contributed by atoms with Gasteiger partial charge in [0.05, 0.1) is 19.9 Å². The predicted octanol–water partition coefficient (Wildman–Crippen LogP) is 4.17. The summed E-state index contributed by atoms with van der Waals surface area (Å²) in [5.74, 6) is 1.51. The second-order valence-corrected chi connectivity index (χ2v) is 7.73. The highest BCUT2D eigenvalue weighted by atomic mass is 32.2. The SMILES string of the molecule is COc1cccc(OC)c1-n1c(SC(C(=O)O)c2ccccn2)nnc1-c1ccc(C)o1. The van der Waals surface area contributed by atoms with Gasteiger partial charge in [0.25, 0.3) is 0 Å². The second-order valence-electron chi connectivity index (χ2n) is 6.65. The molecule has 1 aromatic carbocycles. The van der Waals surface area contributed by atoms with Crippen LogP contribution in [-0.4, -0.2) is 45.0 Å². The quantitative estimate of drug-likeness (QED) is 0.394. The average molecular weight is 452 g/mol. The van der Waals surface area contributed by atoms with E-state index in [1.165, 1.54) is 0 Å². The summed E-state index contributed by atoms with van der Waals surface area (Å²) < 4.78 is 18.6. The number of benzene rings is 1. The van der Waals surface area contributed by atoms with Crippen molar-refractivity contribution in [1.82, 2.24) is 19.7 Å². The standard InChI is InChI=1S/C22H20N4O5S/c1-13-10-11-17(31-13)20-24-25-22(32-19(21(27)28)14-7-4-5-12-23-14)26(20)18-15(29-2)8-6-9-16(18)30-3/h4-12,19H,1-3H3,(H,27,28). The zero-order valence-corrected chi connectivity index (χ0v) is 18.4. The summed E-state index contributed by atoms with van der Waals surface area (Å²) in [6, 6.07) is 14.1. The summed E-state index contributed by atoms with van der Waals surface area (Å²) >= 11 is 1.01. The van der Waals surface area contributed by atoms with Gasteiger partial charge in [0.15, 0.2) is 16.2 Å². The van der Waals surface area contributed by atoms with Crippen molar-refractivity contribution in [2.24, 2.45) is 0 Å². The first-order chi connectivity index (χ1) is 15.5.